The zero-order chi connectivity index (χ0) is 75.2. The maximum absolute atomic E-state index is 15.0. The summed E-state index contributed by atoms with van der Waals surface area (Å²) in [5.41, 5.74) is 4.15. The van der Waals surface area contributed by atoms with Gasteiger partial charge in [0, 0.05) is 58.1 Å². The Morgan fingerprint density at radius 2 is 0.810 bits per heavy atom. The quantitative estimate of drug-likeness (QED) is 0.0202. The van der Waals surface area contributed by atoms with Gasteiger partial charge in [0.05, 0.1) is 10.6 Å². The fourth-order valence-corrected chi connectivity index (χ4v) is 9.48. The Bertz CT molecular complexity index is 3490. The molecule has 1 heterocycles. The van der Waals surface area contributed by atoms with Crippen LogP contribution >= 0.6 is 0 Å². The number of carboxylic acids is 5. The van der Waals surface area contributed by atoms with Gasteiger partial charge in [0.15, 0.2) is 5.52 Å². The molecule has 0 spiro atoms. The number of phenolic OH excluding ortho intramolecular Hbond substituents is 1. The molecular weight excluding hydrogens is 1330 g/mol. The Hall–Kier alpha value is -11.6. The topological polar surface area (TPSA) is 635 Å². The molecule has 0 fully saturated rings. The van der Waals surface area contributed by atoms with Gasteiger partial charge in [-0.15, -0.1) is 0 Å². The van der Waals surface area contributed by atoms with Crippen molar-refractivity contribution in [3.8, 4) is 5.75 Å². The summed E-state index contributed by atoms with van der Waals surface area (Å²) in [4.78, 5) is 222. The maximum Gasteiger partial charge on any atom is 0.303 e. The second-order valence-electron chi connectivity index (χ2n) is 23.3. The average Bonchev–Trinajstić information content (AvgIpc) is 1.60. The third kappa shape index (κ3) is 27.5. The third-order valence-corrected chi connectivity index (χ3v) is 15.6. The number of amides is 11. The van der Waals surface area contributed by atoms with Crippen molar-refractivity contribution in [1.29, 1.82) is 0 Å². The molecule has 0 saturated heterocycles. The van der Waals surface area contributed by atoms with Crippen LogP contribution in [0.3, 0.4) is 0 Å². The van der Waals surface area contributed by atoms with E-state index in [1.807, 2.05) is 0 Å². The second kappa shape index (κ2) is 40.2. The van der Waals surface area contributed by atoms with Gasteiger partial charge in [0.1, 0.15) is 66.2 Å². The molecule has 3 rings (SSSR count). The molecule has 40 nitrogen and oxygen atoms in total. The van der Waals surface area contributed by atoms with Crippen LogP contribution < -0.4 is 64.2 Å². The van der Waals surface area contributed by atoms with Gasteiger partial charge in [0.2, 0.25) is 70.5 Å². The van der Waals surface area contributed by atoms with Crippen LogP contribution in [0.25, 0.3) is 11.0 Å². The number of nitrogens with one attached hydrogen (secondary N) is 11. The lowest BCUT2D eigenvalue weighted by atomic mass is 9.96. The molecule has 12 atom stereocenters. The predicted molar refractivity (Wildman–Crippen MR) is 342 cm³/mol. The van der Waals surface area contributed by atoms with E-state index < -0.39 is 255 Å². The standard InChI is InChI=1S/C60H83N15O25/c1-7-27(3)47(59(96)68-35(15-21-43(80)81)52(89)63-29(5)51(61)88)71-56(93)38(18-24-46(86)87)67-58(95)40(26-62-33-13-19-41(75(98)99)50-49(33)73-100-74-50)70-57(94)39(25-31-9-11-32(77)12-10-31)69-60(97)48(28(4)8-2)72-55(92)37(17-23-45(84)85)66-54(91)36(16-22-44(82)83)65-53(90)34(64-30(6)76)14-20-42(78)79/h9-13,19,27-29,34-40,47-48,62,77H,7-8,14-18,20-26H2,1-6H3,(H2,61,88)(H,63,89)(H,64,76)(H,65,90)(H,66,91)(H,67,95)(H,68,96)(H,69,97)(H,70,94)(H,71,93)(H,72,92)(H,78,79)(H,80,81)(H,82,83)(H,84,85)(H,86,87)/t27-,28-,29-,34-,35-,36-,37-,38-,39-,40-,47-,48-/m0/s1. The first-order chi connectivity index (χ1) is 47.0. The summed E-state index contributed by atoms with van der Waals surface area (Å²) in [6.45, 7) is 7.57. The Balaban J connectivity index is 2.17. The number of carbonyl (C=O) groups excluding carboxylic acids is 11. The number of rotatable bonds is 45. The summed E-state index contributed by atoms with van der Waals surface area (Å²) < 4.78 is 4.76. The monoisotopic (exact) mass is 1410 g/mol. The van der Waals surface area contributed by atoms with Gasteiger partial charge < -0.3 is 94.9 Å². The third-order valence-electron chi connectivity index (χ3n) is 15.6. The zero-order valence-electron chi connectivity index (χ0n) is 55.2. The Morgan fingerprint density at radius 3 is 1.19 bits per heavy atom. The van der Waals surface area contributed by atoms with E-state index in [-0.39, 0.29) is 40.9 Å². The van der Waals surface area contributed by atoms with E-state index in [1.54, 1.807) is 13.8 Å². The smallest absolute Gasteiger partial charge is 0.303 e. The maximum atomic E-state index is 15.0. The number of carbonyl (C=O) groups is 16. The highest BCUT2D eigenvalue weighted by Gasteiger charge is 2.39. The van der Waals surface area contributed by atoms with Crippen LogP contribution in [0.1, 0.15) is 124 Å². The molecule has 0 saturated carbocycles. The van der Waals surface area contributed by atoms with E-state index in [9.17, 15) is 113 Å². The van der Waals surface area contributed by atoms with Crippen molar-refractivity contribution in [2.75, 3.05) is 11.9 Å². The average molecular weight is 1410 g/mol. The lowest BCUT2D eigenvalue weighted by Gasteiger charge is -2.30. The summed E-state index contributed by atoms with van der Waals surface area (Å²) in [7, 11) is 0. The molecule has 100 heavy (non-hydrogen) atoms. The number of nitro groups is 1. The molecule has 3 aromatic rings. The van der Waals surface area contributed by atoms with Crippen LogP contribution in [-0.4, -0.2) is 208 Å². The number of fused-ring (bicyclic) bond motifs is 1. The second-order valence-corrected chi connectivity index (χ2v) is 23.3. The van der Waals surface area contributed by atoms with E-state index >= 15 is 4.79 Å². The number of non-ortho nitro benzene ring substituents is 1. The van der Waals surface area contributed by atoms with Crippen molar-refractivity contribution in [2.24, 2.45) is 17.6 Å². The summed E-state index contributed by atoms with van der Waals surface area (Å²) in [5.74, 6) is -21.6. The van der Waals surface area contributed by atoms with Crippen LogP contribution in [0, 0.1) is 22.0 Å². The van der Waals surface area contributed by atoms with Crippen LogP contribution in [0.5, 0.6) is 5.75 Å². The minimum atomic E-state index is -1.98. The van der Waals surface area contributed by atoms with Crippen LogP contribution in [0.2, 0.25) is 0 Å². The van der Waals surface area contributed by atoms with Crippen molar-refractivity contribution in [2.45, 2.75) is 185 Å². The number of nitrogens with zero attached hydrogens (tertiary/aromatic N) is 3. The van der Waals surface area contributed by atoms with Gasteiger partial charge in [-0.1, -0.05) is 52.7 Å². The number of primary amides is 1. The number of phenols is 1. The fourth-order valence-electron chi connectivity index (χ4n) is 9.48. The molecule has 0 bridgehead atoms. The number of nitrogens with two attached hydrogens (primary N) is 1. The molecule has 2 aromatic carbocycles. The van der Waals surface area contributed by atoms with Crippen molar-refractivity contribution in [3.63, 3.8) is 0 Å². The number of aromatic nitrogens is 2. The minimum absolute atomic E-state index is 0.0759. The van der Waals surface area contributed by atoms with Gasteiger partial charge in [-0.25, -0.2) is 4.63 Å². The molecule has 0 unspecified atom stereocenters. The normalized spacial score (nSPS) is 14.6. The number of nitro benzene ring substituents is 1. The Morgan fingerprint density at radius 1 is 0.470 bits per heavy atom. The summed E-state index contributed by atoms with van der Waals surface area (Å²) in [6.07, 6.45) is -7.18. The van der Waals surface area contributed by atoms with Crippen molar-refractivity contribution in [1.82, 2.24) is 63.5 Å². The highest BCUT2D eigenvalue weighted by molar-refractivity contribution is 6.00. The van der Waals surface area contributed by atoms with E-state index in [1.165, 1.54) is 45.0 Å². The van der Waals surface area contributed by atoms with Gasteiger partial charge in [-0.05, 0) is 84.9 Å². The molecule has 40 heteroatoms. The molecule has 0 aliphatic heterocycles. The number of aromatic hydroxyl groups is 1. The molecule has 11 amide bonds. The lowest BCUT2D eigenvalue weighted by Crippen LogP contribution is -2.62. The first-order valence-electron chi connectivity index (χ1n) is 31.3. The molecule has 0 aliphatic carbocycles. The number of carboxylic acid groups (broad SMARTS) is 5. The molecule has 0 radical (unpaired) electrons. The summed E-state index contributed by atoms with van der Waals surface area (Å²) in [6, 6.07) is -10.1. The van der Waals surface area contributed by atoms with Crippen LogP contribution in [0.4, 0.5) is 11.4 Å². The van der Waals surface area contributed by atoms with Gasteiger partial charge in [0.25, 0.3) is 0 Å². The van der Waals surface area contributed by atoms with Crippen LogP contribution in [-0.2, 0) is 83.1 Å². The van der Waals surface area contributed by atoms with Crippen molar-refractivity contribution >= 4 is 117 Å². The Kier molecular flexibility index (Phi) is 33.2. The van der Waals surface area contributed by atoms with Gasteiger partial charge >= 0.3 is 35.5 Å². The number of aliphatic carboxylic acids is 5. The molecule has 0 aliphatic rings. The Labute approximate surface area is 568 Å². The number of hydrogen-bond acceptors (Lipinski definition) is 23. The number of benzene rings is 2. The highest BCUT2D eigenvalue weighted by Crippen LogP contribution is 2.29. The van der Waals surface area contributed by atoms with Crippen molar-refractivity contribution in [3.05, 3.63) is 52.1 Å². The summed E-state index contributed by atoms with van der Waals surface area (Å²) >= 11 is 0. The number of anilines is 1. The molecule has 548 valence electrons. The first kappa shape index (κ1) is 82.6. The first-order valence-corrected chi connectivity index (χ1v) is 31.3. The fraction of sp³-hybridized carbons (Fsp3) is 0.533. The zero-order valence-corrected chi connectivity index (χ0v) is 55.2. The summed E-state index contributed by atoms with van der Waals surface area (Å²) in [5, 5.41) is 103. The SMILES string of the molecule is CC[C@H](C)[C@H](NC(=O)[C@H](CCC(=O)O)NC(=O)[C@H](CNc1ccc([N+](=O)[O-])c2nonc12)NC(=O)[C@H](Cc1ccc(O)cc1)NC(=O)[C@@H](NC(=O)[C@H](CCC(=O)O)NC(=O)[C@H](CCC(=O)O)NC(=O)[C@H](CCC(=O)O)NC(C)=O)[C@@H](C)CC)C(=O)N[C@@H](CCC(=O)O)C(=O)N[C@@H](C)C(N)=O. The molecule has 1 aromatic heterocycles. The highest BCUT2D eigenvalue weighted by atomic mass is 16.6. The largest absolute Gasteiger partial charge is 0.508 e. The van der Waals surface area contributed by atoms with E-state index in [2.05, 4.69) is 68.8 Å². The van der Waals surface area contributed by atoms with Gasteiger partial charge in [-0.3, -0.25) is 86.8 Å². The van der Waals surface area contributed by atoms with E-state index in [4.69, 9.17) is 10.4 Å². The number of hydrogen-bond donors (Lipinski definition) is 18. The minimum Gasteiger partial charge on any atom is -0.508 e. The van der Waals surface area contributed by atoms with Gasteiger partial charge in [-0.2, -0.15) is 0 Å². The van der Waals surface area contributed by atoms with E-state index in [0.717, 1.165) is 19.1 Å². The van der Waals surface area contributed by atoms with Crippen molar-refractivity contribution < 1.29 is 117 Å². The molecular formula is C60H83N15O25. The van der Waals surface area contributed by atoms with Crippen LogP contribution in [0.15, 0.2) is 41.0 Å². The molecule has 19 N–H and O–H groups in total. The lowest BCUT2D eigenvalue weighted by molar-refractivity contribution is -0.383. The predicted octanol–water partition coefficient (Wildman–Crippen LogP) is -2.72. The van der Waals surface area contributed by atoms with E-state index in [0.29, 0.717) is 0 Å².